The number of amides is 1. The molecular formula is C33H40ClN5O. The number of carbonyl (C=O) groups is 1. The van der Waals surface area contributed by atoms with Gasteiger partial charge in [0.1, 0.15) is 0 Å². The number of halogens is 1. The molecule has 6 nitrogen and oxygen atoms in total. The van der Waals surface area contributed by atoms with E-state index < -0.39 is 0 Å². The molecule has 2 aromatic carbocycles. The SMILES string of the molecule is CN1CCC2(CCC(C(=O)N3CCC(Nc4ncc(Cl)c(-c5cccc(-c6ccccc6)c5)n4)CC3)CC2)CC1. The van der Waals surface area contributed by atoms with Gasteiger partial charge in [-0.3, -0.25) is 4.79 Å². The lowest BCUT2D eigenvalue weighted by Crippen LogP contribution is -2.47. The lowest BCUT2D eigenvalue weighted by molar-refractivity contribution is -0.138. The molecular weight excluding hydrogens is 518 g/mol. The van der Waals surface area contributed by atoms with Gasteiger partial charge >= 0.3 is 0 Å². The van der Waals surface area contributed by atoms with Crippen molar-refractivity contribution in [3.05, 3.63) is 65.8 Å². The maximum absolute atomic E-state index is 13.4. The number of nitrogens with zero attached hydrogens (tertiary/aromatic N) is 4. The Kier molecular flexibility index (Phi) is 8.08. The zero-order chi connectivity index (χ0) is 27.5. The van der Waals surface area contributed by atoms with E-state index in [-0.39, 0.29) is 12.0 Å². The van der Waals surface area contributed by atoms with E-state index in [2.05, 4.69) is 51.4 Å². The number of nitrogens with one attached hydrogen (secondary N) is 1. The molecule has 0 atom stereocenters. The lowest BCUT2D eigenvalue weighted by atomic mass is 9.65. The smallest absolute Gasteiger partial charge is 0.225 e. The molecule has 3 aromatic rings. The van der Waals surface area contributed by atoms with Gasteiger partial charge in [0.25, 0.3) is 0 Å². The Labute approximate surface area is 243 Å². The topological polar surface area (TPSA) is 61.4 Å². The summed E-state index contributed by atoms with van der Waals surface area (Å²) >= 11 is 6.55. The largest absolute Gasteiger partial charge is 0.351 e. The normalized spacial score (nSPS) is 20.5. The van der Waals surface area contributed by atoms with Crippen LogP contribution in [-0.4, -0.2) is 64.9 Å². The summed E-state index contributed by atoms with van der Waals surface area (Å²) in [5.41, 5.74) is 4.47. The van der Waals surface area contributed by atoms with Crippen LogP contribution in [0.3, 0.4) is 0 Å². The van der Waals surface area contributed by atoms with Gasteiger partial charge in [0, 0.05) is 30.6 Å². The van der Waals surface area contributed by atoms with Crippen LogP contribution in [0.2, 0.25) is 5.02 Å². The highest BCUT2D eigenvalue weighted by Gasteiger charge is 2.40. The van der Waals surface area contributed by atoms with Crippen LogP contribution in [0, 0.1) is 11.3 Å². The van der Waals surface area contributed by atoms with Gasteiger partial charge in [-0.05, 0) is 94.1 Å². The maximum Gasteiger partial charge on any atom is 0.225 e. The second-order valence-corrected chi connectivity index (χ2v) is 12.6. The number of aromatic nitrogens is 2. The van der Waals surface area contributed by atoms with Crippen molar-refractivity contribution in [2.24, 2.45) is 11.3 Å². The van der Waals surface area contributed by atoms with Crippen molar-refractivity contribution >= 4 is 23.5 Å². The van der Waals surface area contributed by atoms with Crippen LogP contribution in [0.5, 0.6) is 0 Å². The summed E-state index contributed by atoms with van der Waals surface area (Å²) in [6.45, 7) is 4.00. The van der Waals surface area contributed by atoms with Gasteiger partial charge in [0.2, 0.25) is 11.9 Å². The zero-order valence-corrected chi connectivity index (χ0v) is 24.2. The van der Waals surface area contributed by atoms with E-state index in [1.807, 2.05) is 30.3 Å². The number of likely N-dealkylation sites (tertiary alicyclic amines) is 2. The van der Waals surface area contributed by atoms with E-state index in [1.165, 1.54) is 38.8 Å². The molecule has 3 aliphatic rings. The zero-order valence-electron chi connectivity index (χ0n) is 23.5. The number of hydrogen-bond acceptors (Lipinski definition) is 5. The molecule has 2 aliphatic heterocycles. The van der Waals surface area contributed by atoms with Gasteiger partial charge in [0.05, 0.1) is 16.9 Å². The standard InChI is InChI=1S/C33H40ClN5O/c1-38-20-16-33(17-21-38)14-10-25(11-15-33)31(40)39-18-12-28(13-19-39)36-32-35-23-29(34)30(37-32)27-9-5-8-26(22-27)24-6-3-2-4-7-24/h2-9,22-23,25,28H,10-21H2,1H3,(H,35,36,37). The van der Waals surface area contributed by atoms with Crippen LogP contribution in [0.15, 0.2) is 60.8 Å². The quantitative estimate of drug-likeness (QED) is 0.375. The number of rotatable bonds is 5. The maximum atomic E-state index is 13.4. The predicted octanol–water partition coefficient (Wildman–Crippen LogP) is 6.77. The minimum atomic E-state index is 0.212. The molecule has 6 rings (SSSR count). The van der Waals surface area contributed by atoms with Gasteiger partial charge in [-0.1, -0.05) is 60.1 Å². The minimum Gasteiger partial charge on any atom is -0.351 e. The summed E-state index contributed by atoms with van der Waals surface area (Å²) in [4.78, 5) is 27.2. The number of anilines is 1. The molecule has 210 valence electrons. The van der Waals surface area contributed by atoms with E-state index in [4.69, 9.17) is 16.6 Å². The Hall–Kier alpha value is -2.96. The number of benzene rings is 2. The van der Waals surface area contributed by atoms with E-state index >= 15 is 0 Å². The van der Waals surface area contributed by atoms with E-state index in [9.17, 15) is 4.79 Å². The van der Waals surface area contributed by atoms with Gasteiger partial charge in [0.15, 0.2) is 0 Å². The Morgan fingerprint density at radius 2 is 1.55 bits per heavy atom. The molecule has 2 saturated heterocycles. The molecule has 1 amide bonds. The van der Waals surface area contributed by atoms with Crippen molar-refractivity contribution in [2.45, 2.75) is 57.4 Å². The molecule has 3 fully saturated rings. The molecule has 0 bridgehead atoms. The van der Waals surface area contributed by atoms with Crippen LogP contribution in [0.25, 0.3) is 22.4 Å². The third-order valence-corrected chi connectivity index (χ3v) is 9.85. The van der Waals surface area contributed by atoms with Crippen molar-refractivity contribution in [1.82, 2.24) is 19.8 Å². The number of hydrogen-bond donors (Lipinski definition) is 1. The lowest BCUT2D eigenvalue weighted by Gasteiger charge is -2.45. The minimum absolute atomic E-state index is 0.212. The summed E-state index contributed by atoms with van der Waals surface area (Å²) in [7, 11) is 2.23. The fraction of sp³-hybridized carbons (Fsp3) is 0.485. The van der Waals surface area contributed by atoms with Crippen molar-refractivity contribution in [2.75, 3.05) is 38.5 Å². The van der Waals surface area contributed by atoms with Crippen molar-refractivity contribution in [3.8, 4) is 22.4 Å². The third kappa shape index (κ3) is 6.03. The average Bonchev–Trinajstić information content (AvgIpc) is 3.01. The first-order valence-electron chi connectivity index (χ1n) is 14.9. The van der Waals surface area contributed by atoms with Crippen molar-refractivity contribution in [1.29, 1.82) is 0 Å². The molecule has 1 N–H and O–H groups in total. The van der Waals surface area contributed by atoms with Gasteiger partial charge < -0.3 is 15.1 Å². The Balaban J connectivity index is 1.04. The Morgan fingerprint density at radius 1 is 0.875 bits per heavy atom. The molecule has 3 heterocycles. The second-order valence-electron chi connectivity index (χ2n) is 12.2. The van der Waals surface area contributed by atoms with Crippen LogP contribution < -0.4 is 5.32 Å². The van der Waals surface area contributed by atoms with Crippen LogP contribution in [0.4, 0.5) is 5.95 Å². The Bertz CT molecular complexity index is 1310. The first kappa shape index (κ1) is 27.2. The first-order valence-corrected chi connectivity index (χ1v) is 15.3. The number of piperidine rings is 2. The van der Waals surface area contributed by atoms with Crippen LogP contribution in [-0.2, 0) is 4.79 Å². The molecule has 1 aliphatic carbocycles. The van der Waals surface area contributed by atoms with Gasteiger partial charge in [-0.25, -0.2) is 9.97 Å². The first-order chi connectivity index (χ1) is 19.5. The summed E-state index contributed by atoms with van der Waals surface area (Å²) in [5.74, 6) is 1.18. The highest BCUT2D eigenvalue weighted by Crippen LogP contribution is 2.46. The van der Waals surface area contributed by atoms with Crippen molar-refractivity contribution < 1.29 is 4.79 Å². The molecule has 1 spiro atoms. The van der Waals surface area contributed by atoms with Crippen LogP contribution >= 0.6 is 11.6 Å². The summed E-state index contributed by atoms with van der Waals surface area (Å²) in [5, 5.41) is 4.06. The number of carbonyl (C=O) groups excluding carboxylic acids is 1. The van der Waals surface area contributed by atoms with E-state index in [0.717, 1.165) is 61.2 Å². The Morgan fingerprint density at radius 3 is 2.27 bits per heavy atom. The fourth-order valence-corrected chi connectivity index (χ4v) is 7.07. The third-order valence-electron chi connectivity index (χ3n) is 9.57. The highest BCUT2D eigenvalue weighted by molar-refractivity contribution is 6.32. The van der Waals surface area contributed by atoms with E-state index in [0.29, 0.717) is 22.3 Å². The molecule has 1 aromatic heterocycles. The van der Waals surface area contributed by atoms with Crippen LogP contribution in [0.1, 0.15) is 51.4 Å². The van der Waals surface area contributed by atoms with Gasteiger partial charge in [-0.2, -0.15) is 0 Å². The molecule has 0 radical (unpaired) electrons. The monoisotopic (exact) mass is 557 g/mol. The highest BCUT2D eigenvalue weighted by atomic mass is 35.5. The van der Waals surface area contributed by atoms with Crippen molar-refractivity contribution in [3.63, 3.8) is 0 Å². The fourth-order valence-electron chi connectivity index (χ4n) is 6.87. The molecule has 1 saturated carbocycles. The molecule has 7 heteroatoms. The second kappa shape index (κ2) is 11.9. The summed E-state index contributed by atoms with van der Waals surface area (Å²) in [6.07, 6.45) is 10.7. The van der Waals surface area contributed by atoms with E-state index in [1.54, 1.807) is 6.20 Å². The molecule has 40 heavy (non-hydrogen) atoms. The van der Waals surface area contributed by atoms with Gasteiger partial charge in [-0.15, -0.1) is 0 Å². The predicted molar refractivity (Wildman–Crippen MR) is 162 cm³/mol. The molecule has 0 unspecified atom stereocenters. The summed E-state index contributed by atoms with van der Waals surface area (Å²) < 4.78 is 0. The average molecular weight is 558 g/mol. The summed E-state index contributed by atoms with van der Waals surface area (Å²) in [6, 6.07) is 18.8.